The first-order chi connectivity index (χ1) is 19.2. The molecular formula is C30H32ClN5O4. The van der Waals surface area contributed by atoms with Crippen LogP contribution in [0.5, 0.6) is 5.88 Å². The summed E-state index contributed by atoms with van der Waals surface area (Å²) < 4.78 is 4.67. The molecule has 0 spiro atoms. The summed E-state index contributed by atoms with van der Waals surface area (Å²) in [6, 6.07) is 19.8. The largest absolute Gasteiger partial charge is 0.494 e. The molecule has 1 heterocycles. The van der Waals surface area contributed by atoms with Crippen LogP contribution in [0.15, 0.2) is 71.7 Å². The van der Waals surface area contributed by atoms with Gasteiger partial charge in [-0.05, 0) is 75.6 Å². The number of anilines is 2. The number of aromatic hydroxyl groups is 1. The minimum atomic E-state index is -0.575. The molecule has 0 aliphatic rings. The van der Waals surface area contributed by atoms with E-state index in [2.05, 4.69) is 19.9 Å². The van der Waals surface area contributed by atoms with Crippen molar-refractivity contribution in [2.24, 2.45) is 4.99 Å². The Morgan fingerprint density at radius 3 is 2.35 bits per heavy atom. The first kappa shape index (κ1) is 28.7. The van der Waals surface area contributed by atoms with Crippen LogP contribution in [-0.2, 0) is 9.53 Å². The van der Waals surface area contributed by atoms with Crippen molar-refractivity contribution in [2.75, 3.05) is 44.5 Å². The highest BCUT2D eigenvalue weighted by Crippen LogP contribution is 2.33. The lowest BCUT2D eigenvalue weighted by Gasteiger charge is -2.22. The van der Waals surface area contributed by atoms with Gasteiger partial charge in [-0.2, -0.15) is 0 Å². The Morgan fingerprint density at radius 1 is 1.02 bits per heavy atom. The Bertz CT molecular complexity index is 1530. The van der Waals surface area contributed by atoms with E-state index in [1.807, 2.05) is 44.4 Å². The molecule has 0 fully saturated rings. The molecule has 4 aromatic rings. The molecule has 3 aromatic carbocycles. The van der Waals surface area contributed by atoms with E-state index >= 15 is 0 Å². The number of aromatic nitrogens is 1. The number of H-pyrrole nitrogens is 1. The number of hydrogen-bond donors (Lipinski definition) is 3. The molecule has 0 saturated carbocycles. The quantitative estimate of drug-likeness (QED) is 0.211. The number of rotatable bonds is 9. The zero-order chi connectivity index (χ0) is 28.8. The van der Waals surface area contributed by atoms with E-state index in [1.165, 1.54) is 7.11 Å². The summed E-state index contributed by atoms with van der Waals surface area (Å²) in [5.41, 5.74) is 4.37. The second-order valence-corrected chi connectivity index (χ2v) is 9.97. The third kappa shape index (κ3) is 6.80. The molecule has 2 amide bonds. The lowest BCUT2D eigenvalue weighted by atomic mass is 10.0. The summed E-state index contributed by atoms with van der Waals surface area (Å²) in [7, 11) is 5.31. The number of amides is 2. The highest BCUT2D eigenvalue weighted by molar-refractivity contribution is 6.31. The molecule has 0 bridgehead atoms. The zero-order valence-corrected chi connectivity index (χ0v) is 23.6. The third-order valence-corrected chi connectivity index (χ3v) is 6.57. The second-order valence-electron chi connectivity index (χ2n) is 9.54. The normalized spacial score (nSPS) is 11.6. The van der Waals surface area contributed by atoms with Crippen molar-refractivity contribution < 1.29 is 19.4 Å². The van der Waals surface area contributed by atoms with E-state index in [4.69, 9.17) is 16.6 Å². The van der Waals surface area contributed by atoms with Gasteiger partial charge in [0.25, 0.3) is 0 Å². The van der Waals surface area contributed by atoms with E-state index < -0.39 is 6.09 Å². The Morgan fingerprint density at radius 2 is 1.73 bits per heavy atom. The molecule has 4 rings (SSSR count). The number of aliphatic imine (C=N–C) groups is 1. The highest BCUT2D eigenvalue weighted by atomic mass is 35.5. The summed E-state index contributed by atoms with van der Waals surface area (Å²) in [6.45, 7) is 3.05. The van der Waals surface area contributed by atoms with Crippen LogP contribution in [-0.4, -0.2) is 67.0 Å². The summed E-state index contributed by atoms with van der Waals surface area (Å²) >= 11 is 6.18. The Labute approximate surface area is 238 Å². The van der Waals surface area contributed by atoms with Crippen molar-refractivity contribution in [3.63, 3.8) is 0 Å². The minimum Gasteiger partial charge on any atom is -0.494 e. The smallest absolute Gasteiger partial charge is 0.411 e. The summed E-state index contributed by atoms with van der Waals surface area (Å²) in [5.74, 6) is -0.0771. The lowest BCUT2D eigenvalue weighted by Crippen LogP contribution is -2.31. The second kappa shape index (κ2) is 12.7. The first-order valence-electron chi connectivity index (χ1n) is 12.7. The predicted molar refractivity (Wildman–Crippen MR) is 160 cm³/mol. The fraction of sp³-hybridized carbons (Fsp3) is 0.233. The van der Waals surface area contributed by atoms with Gasteiger partial charge in [-0.1, -0.05) is 29.8 Å². The number of aromatic amines is 1. The summed E-state index contributed by atoms with van der Waals surface area (Å²) in [6.07, 6.45) is 0.274. The average Bonchev–Trinajstić information content (AvgIpc) is 3.24. The standard InChI is InChI=1S/C30H32ClN5O4/c1-19(37)36(17-5-16-35(2)3)24-13-11-22(12-14-24)32-28(20-6-9-23(10-7-20)33-30(39)40-4)27-25-15-8-21(31)18-26(25)34-29(27)38/h6-15,18,34,38H,5,16-17H2,1-4H3,(H,33,39). The van der Waals surface area contributed by atoms with Crippen LogP contribution in [0.1, 0.15) is 24.5 Å². The van der Waals surface area contributed by atoms with Crippen molar-refractivity contribution in [3.8, 4) is 5.88 Å². The summed E-state index contributed by atoms with van der Waals surface area (Å²) in [5, 5.41) is 14.9. The number of halogens is 1. The van der Waals surface area contributed by atoms with Crippen LogP contribution in [0.25, 0.3) is 10.9 Å². The summed E-state index contributed by atoms with van der Waals surface area (Å²) in [4.78, 5) is 35.7. The number of nitrogens with one attached hydrogen (secondary N) is 2. The molecule has 0 aliphatic heterocycles. The number of nitrogens with zero attached hydrogens (tertiary/aromatic N) is 3. The van der Waals surface area contributed by atoms with Gasteiger partial charge in [0.05, 0.1) is 29.6 Å². The molecule has 10 heteroatoms. The Balaban J connectivity index is 1.74. The number of benzene rings is 3. The topological polar surface area (TPSA) is 110 Å². The van der Waals surface area contributed by atoms with E-state index in [-0.39, 0.29) is 11.8 Å². The van der Waals surface area contributed by atoms with Gasteiger partial charge >= 0.3 is 6.09 Å². The van der Waals surface area contributed by atoms with Crippen molar-refractivity contribution in [1.29, 1.82) is 0 Å². The number of carbonyl (C=O) groups is 2. The first-order valence-corrected chi connectivity index (χ1v) is 13.1. The van der Waals surface area contributed by atoms with Gasteiger partial charge < -0.3 is 24.6 Å². The van der Waals surface area contributed by atoms with Crippen molar-refractivity contribution in [2.45, 2.75) is 13.3 Å². The monoisotopic (exact) mass is 561 g/mol. The molecule has 3 N–H and O–H groups in total. The number of carbonyl (C=O) groups excluding carboxylic acids is 2. The maximum atomic E-state index is 12.3. The van der Waals surface area contributed by atoms with Crippen LogP contribution in [0, 0.1) is 0 Å². The number of hydrogen-bond acceptors (Lipinski definition) is 6. The number of methoxy groups -OCH3 is 1. The van der Waals surface area contributed by atoms with Gasteiger partial charge in [0.2, 0.25) is 5.91 Å². The number of ether oxygens (including phenoxy) is 1. The molecule has 0 aliphatic carbocycles. The third-order valence-electron chi connectivity index (χ3n) is 6.34. The maximum Gasteiger partial charge on any atom is 0.411 e. The van der Waals surface area contributed by atoms with Crippen molar-refractivity contribution in [3.05, 3.63) is 82.9 Å². The Hall–Kier alpha value is -4.34. The highest BCUT2D eigenvalue weighted by Gasteiger charge is 2.19. The maximum absolute atomic E-state index is 12.3. The van der Waals surface area contributed by atoms with E-state index in [1.54, 1.807) is 48.2 Å². The van der Waals surface area contributed by atoms with Crippen molar-refractivity contribution >= 4 is 57.3 Å². The fourth-order valence-corrected chi connectivity index (χ4v) is 4.56. The van der Waals surface area contributed by atoms with Crippen molar-refractivity contribution in [1.82, 2.24) is 9.88 Å². The molecular weight excluding hydrogens is 530 g/mol. The molecule has 40 heavy (non-hydrogen) atoms. The fourth-order valence-electron chi connectivity index (χ4n) is 4.39. The Kier molecular flexibility index (Phi) is 9.08. The van der Waals surface area contributed by atoms with Gasteiger partial charge in [0, 0.05) is 40.8 Å². The van der Waals surface area contributed by atoms with E-state index in [0.717, 1.165) is 24.0 Å². The number of fused-ring (bicyclic) bond motifs is 1. The molecule has 9 nitrogen and oxygen atoms in total. The molecule has 208 valence electrons. The molecule has 0 atom stereocenters. The van der Waals surface area contributed by atoms with Gasteiger partial charge in [0.1, 0.15) is 0 Å². The predicted octanol–water partition coefficient (Wildman–Crippen LogP) is 6.18. The lowest BCUT2D eigenvalue weighted by molar-refractivity contribution is -0.116. The van der Waals surface area contributed by atoms with Crippen LogP contribution in [0.2, 0.25) is 5.02 Å². The zero-order valence-electron chi connectivity index (χ0n) is 22.9. The molecule has 0 radical (unpaired) electrons. The molecule has 0 unspecified atom stereocenters. The van der Waals surface area contributed by atoms with E-state index in [0.29, 0.717) is 45.3 Å². The van der Waals surface area contributed by atoms with Gasteiger partial charge in [-0.3, -0.25) is 10.1 Å². The SMILES string of the molecule is COC(=O)Nc1ccc(C(=Nc2ccc(N(CCCN(C)C)C(C)=O)cc2)c2c(O)[nH]c3cc(Cl)ccc23)cc1. The van der Waals surface area contributed by atoms with Crippen LogP contribution >= 0.6 is 11.6 Å². The van der Waals surface area contributed by atoms with Gasteiger partial charge in [0.15, 0.2) is 5.88 Å². The van der Waals surface area contributed by atoms with E-state index in [9.17, 15) is 14.7 Å². The van der Waals surface area contributed by atoms with Gasteiger partial charge in [-0.15, -0.1) is 0 Å². The van der Waals surface area contributed by atoms with Crippen LogP contribution in [0.3, 0.4) is 0 Å². The van der Waals surface area contributed by atoms with Crippen LogP contribution in [0.4, 0.5) is 21.9 Å². The molecule has 0 saturated heterocycles. The molecule has 1 aromatic heterocycles. The average molecular weight is 562 g/mol. The van der Waals surface area contributed by atoms with Crippen LogP contribution < -0.4 is 10.2 Å². The van der Waals surface area contributed by atoms with Gasteiger partial charge in [-0.25, -0.2) is 9.79 Å². The minimum absolute atomic E-state index is 0.0290.